The molecule has 0 atom stereocenters. The van der Waals surface area contributed by atoms with Crippen molar-refractivity contribution in [2.45, 2.75) is 12.6 Å². The van der Waals surface area contributed by atoms with Gasteiger partial charge in [0, 0.05) is 5.56 Å². The topological polar surface area (TPSA) is 50.7 Å². The second-order valence-corrected chi connectivity index (χ2v) is 4.90. The van der Waals surface area contributed by atoms with Crippen LogP contribution in [0.4, 0.5) is 13.2 Å². The van der Waals surface area contributed by atoms with Gasteiger partial charge in [0.25, 0.3) is 0 Å². The second-order valence-electron chi connectivity index (χ2n) is 4.90. The van der Waals surface area contributed by atoms with Gasteiger partial charge in [0.2, 0.25) is 5.91 Å². The molecule has 0 aliphatic heterocycles. The van der Waals surface area contributed by atoms with Crippen LogP contribution in [0.2, 0.25) is 0 Å². The van der Waals surface area contributed by atoms with Crippen LogP contribution in [-0.2, 0) is 17.4 Å². The fourth-order valence-electron chi connectivity index (χ4n) is 2.01. The van der Waals surface area contributed by atoms with Gasteiger partial charge >= 0.3 is 6.18 Å². The highest BCUT2D eigenvalue weighted by Crippen LogP contribution is 2.30. The predicted octanol–water partition coefficient (Wildman–Crippen LogP) is 3.41. The third-order valence-electron chi connectivity index (χ3n) is 3.18. The van der Waals surface area contributed by atoms with E-state index >= 15 is 0 Å². The van der Waals surface area contributed by atoms with E-state index in [-0.39, 0.29) is 12.0 Å². The number of amides is 1. The number of ether oxygens (including phenoxy) is 1. The summed E-state index contributed by atoms with van der Waals surface area (Å²) < 4.78 is 43.5. The number of halogens is 3. The van der Waals surface area contributed by atoms with Crippen molar-refractivity contribution in [2.75, 3.05) is 7.11 Å². The predicted molar refractivity (Wildman–Crippen MR) is 83.9 cm³/mol. The zero-order valence-corrected chi connectivity index (χ0v) is 12.8. The van der Waals surface area contributed by atoms with Gasteiger partial charge in [-0.3, -0.25) is 4.79 Å². The minimum atomic E-state index is -4.48. The summed E-state index contributed by atoms with van der Waals surface area (Å²) in [7, 11) is 1.54. The summed E-state index contributed by atoms with van der Waals surface area (Å²) in [6.45, 7) is 0. The van der Waals surface area contributed by atoms with E-state index in [0.717, 1.165) is 17.8 Å². The Bertz CT molecular complexity index is 725. The standard InChI is InChI=1S/C17H15F3N2O2/c1-24-14-8-6-12(7-9-14)10-16(23)22-21-11-13-4-2-3-5-15(13)17(18,19)20/h2-9,11H,10H2,1H3,(H,22,23). The number of carbonyl (C=O) groups is 1. The average Bonchev–Trinajstić information content (AvgIpc) is 2.55. The molecule has 0 bridgehead atoms. The van der Waals surface area contributed by atoms with Crippen molar-refractivity contribution in [1.82, 2.24) is 5.43 Å². The molecule has 0 heterocycles. The van der Waals surface area contributed by atoms with E-state index in [2.05, 4.69) is 10.5 Å². The van der Waals surface area contributed by atoms with E-state index < -0.39 is 17.6 Å². The van der Waals surface area contributed by atoms with Crippen LogP contribution in [0.25, 0.3) is 0 Å². The lowest BCUT2D eigenvalue weighted by Crippen LogP contribution is -2.20. The second kappa shape index (κ2) is 7.63. The highest BCUT2D eigenvalue weighted by molar-refractivity contribution is 5.84. The first-order valence-electron chi connectivity index (χ1n) is 7.01. The Hall–Kier alpha value is -2.83. The Balaban J connectivity index is 1.97. The zero-order chi connectivity index (χ0) is 17.6. The van der Waals surface area contributed by atoms with Gasteiger partial charge in [-0.2, -0.15) is 18.3 Å². The van der Waals surface area contributed by atoms with Gasteiger partial charge in [-0.15, -0.1) is 0 Å². The summed E-state index contributed by atoms with van der Waals surface area (Å²) in [5, 5.41) is 3.60. The van der Waals surface area contributed by atoms with Crippen molar-refractivity contribution in [3.63, 3.8) is 0 Å². The van der Waals surface area contributed by atoms with E-state index in [9.17, 15) is 18.0 Å². The van der Waals surface area contributed by atoms with Crippen LogP contribution < -0.4 is 10.2 Å². The summed E-state index contributed by atoms with van der Waals surface area (Å²) in [6, 6.07) is 11.9. The maximum atomic E-state index is 12.8. The molecule has 7 heteroatoms. The molecule has 2 aromatic rings. The van der Waals surface area contributed by atoms with E-state index in [1.807, 2.05) is 0 Å². The highest BCUT2D eigenvalue weighted by Gasteiger charge is 2.32. The molecule has 1 amide bonds. The first-order valence-corrected chi connectivity index (χ1v) is 7.01. The monoisotopic (exact) mass is 336 g/mol. The molecule has 0 aliphatic carbocycles. The van der Waals surface area contributed by atoms with Crippen LogP contribution in [0.1, 0.15) is 16.7 Å². The minimum absolute atomic E-state index is 0.0578. The molecule has 0 radical (unpaired) electrons. The molecule has 0 aromatic heterocycles. The number of hydrogen-bond acceptors (Lipinski definition) is 3. The molecule has 0 saturated carbocycles. The molecular formula is C17H15F3N2O2. The number of carbonyl (C=O) groups excluding carboxylic acids is 1. The molecule has 24 heavy (non-hydrogen) atoms. The van der Waals surface area contributed by atoms with Crippen LogP contribution in [0.3, 0.4) is 0 Å². The quantitative estimate of drug-likeness (QED) is 0.672. The normalized spacial score (nSPS) is 11.5. The van der Waals surface area contributed by atoms with Gasteiger partial charge in [-0.1, -0.05) is 30.3 Å². The molecule has 0 saturated heterocycles. The van der Waals surface area contributed by atoms with Gasteiger partial charge in [-0.25, -0.2) is 5.43 Å². The highest BCUT2D eigenvalue weighted by atomic mass is 19.4. The van der Waals surface area contributed by atoms with Gasteiger partial charge in [0.15, 0.2) is 0 Å². The molecule has 0 fully saturated rings. The average molecular weight is 336 g/mol. The lowest BCUT2D eigenvalue weighted by atomic mass is 10.1. The van der Waals surface area contributed by atoms with Gasteiger partial charge in [-0.05, 0) is 23.8 Å². The van der Waals surface area contributed by atoms with E-state index in [4.69, 9.17) is 4.74 Å². The molecule has 1 N–H and O–H groups in total. The Morgan fingerprint density at radius 2 is 1.83 bits per heavy atom. The van der Waals surface area contributed by atoms with Crippen molar-refractivity contribution in [3.05, 3.63) is 65.2 Å². The van der Waals surface area contributed by atoms with Crippen molar-refractivity contribution >= 4 is 12.1 Å². The summed E-state index contributed by atoms with van der Waals surface area (Å²) in [5.41, 5.74) is 2.03. The smallest absolute Gasteiger partial charge is 0.417 e. The molecular weight excluding hydrogens is 321 g/mol. The van der Waals surface area contributed by atoms with Gasteiger partial charge in [0.05, 0.1) is 25.3 Å². The molecule has 0 spiro atoms. The third kappa shape index (κ3) is 4.84. The lowest BCUT2D eigenvalue weighted by Gasteiger charge is -2.09. The summed E-state index contributed by atoms with van der Waals surface area (Å²) in [5.74, 6) is 0.238. The van der Waals surface area contributed by atoms with Crippen LogP contribution in [0.5, 0.6) is 5.75 Å². The molecule has 0 aliphatic rings. The fourth-order valence-corrected chi connectivity index (χ4v) is 2.01. The van der Waals surface area contributed by atoms with Crippen molar-refractivity contribution < 1.29 is 22.7 Å². The van der Waals surface area contributed by atoms with Crippen LogP contribution in [0.15, 0.2) is 53.6 Å². The number of alkyl halides is 3. The minimum Gasteiger partial charge on any atom is -0.497 e. The van der Waals surface area contributed by atoms with E-state index in [0.29, 0.717) is 5.75 Å². The van der Waals surface area contributed by atoms with E-state index in [1.54, 1.807) is 24.3 Å². The molecule has 0 unspecified atom stereocenters. The Morgan fingerprint density at radius 3 is 2.46 bits per heavy atom. The number of rotatable bonds is 5. The lowest BCUT2D eigenvalue weighted by molar-refractivity contribution is -0.137. The number of methoxy groups -OCH3 is 1. The first kappa shape index (κ1) is 17.5. The summed E-state index contributed by atoms with van der Waals surface area (Å²) >= 11 is 0. The number of hydrogen-bond donors (Lipinski definition) is 1. The third-order valence-corrected chi connectivity index (χ3v) is 3.18. The van der Waals surface area contributed by atoms with Crippen molar-refractivity contribution in [3.8, 4) is 5.75 Å². The number of benzene rings is 2. The van der Waals surface area contributed by atoms with Crippen molar-refractivity contribution in [2.24, 2.45) is 5.10 Å². The Kier molecular flexibility index (Phi) is 5.57. The largest absolute Gasteiger partial charge is 0.497 e. The molecule has 2 rings (SSSR count). The molecule has 126 valence electrons. The van der Waals surface area contributed by atoms with E-state index in [1.165, 1.54) is 25.3 Å². The molecule has 4 nitrogen and oxygen atoms in total. The van der Waals surface area contributed by atoms with Crippen LogP contribution in [0, 0.1) is 0 Å². The summed E-state index contributed by atoms with van der Waals surface area (Å²) in [4.78, 5) is 11.8. The van der Waals surface area contributed by atoms with Crippen molar-refractivity contribution in [1.29, 1.82) is 0 Å². The van der Waals surface area contributed by atoms with Gasteiger partial charge in [0.1, 0.15) is 5.75 Å². The maximum absolute atomic E-state index is 12.8. The van der Waals surface area contributed by atoms with Crippen LogP contribution >= 0.6 is 0 Å². The first-order chi connectivity index (χ1) is 11.4. The number of hydrazone groups is 1. The summed E-state index contributed by atoms with van der Waals surface area (Å²) in [6.07, 6.45) is -3.44. The SMILES string of the molecule is COc1ccc(CC(=O)NN=Cc2ccccc2C(F)(F)F)cc1. The Labute approximate surface area is 137 Å². The number of nitrogens with zero attached hydrogens (tertiary/aromatic N) is 1. The number of nitrogens with one attached hydrogen (secondary N) is 1. The molecule has 2 aromatic carbocycles. The zero-order valence-electron chi connectivity index (χ0n) is 12.8. The van der Waals surface area contributed by atoms with Crippen LogP contribution in [-0.4, -0.2) is 19.2 Å². The Morgan fingerprint density at radius 1 is 1.17 bits per heavy atom. The maximum Gasteiger partial charge on any atom is 0.417 e. The van der Waals surface area contributed by atoms with Gasteiger partial charge < -0.3 is 4.74 Å². The fraction of sp³-hybridized carbons (Fsp3) is 0.176.